The number of ether oxygens (including phenoxy) is 1. The summed E-state index contributed by atoms with van der Waals surface area (Å²) in [5, 5.41) is 4.10. The van der Waals surface area contributed by atoms with Crippen molar-refractivity contribution in [3.63, 3.8) is 0 Å². The summed E-state index contributed by atoms with van der Waals surface area (Å²) < 4.78 is 5.21. The molecule has 1 N–H and O–H groups in total. The molecule has 10 heteroatoms. The average molecular weight is 586 g/mol. The normalized spacial score (nSPS) is 16.4. The summed E-state index contributed by atoms with van der Waals surface area (Å²) >= 11 is 0. The van der Waals surface area contributed by atoms with Crippen LogP contribution in [-0.2, 0) is 4.74 Å². The molecule has 9 nitrogen and oxygen atoms in total. The van der Waals surface area contributed by atoms with Gasteiger partial charge in [0.05, 0.1) is 11.9 Å². The third kappa shape index (κ3) is 5.94. The molecule has 222 valence electrons. The lowest BCUT2D eigenvalue weighted by atomic mass is 10.2. The summed E-state index contributed by atoms with van der Waals surface area (Å²) in [4.78, 5) is 32.9. The fourth-order valence-corrected chi connectivity index (χ4v) is 11.7. The zero-order valence-corrected chi connectivity index (χ0v) is 26.9. The van der Waals surface area contributed by atoms with Crippen molar-refractivity contribution >= 4 is 48.3 Å². The number of nitrogens with one attached hydrogen (secondary N) is 1. The molecular formula is C32H43N7O2Si. The number of nitrogens with zero attached hydrogens (tertiary/aromatic N) is 6. The minimum absolute atomic E-state index is 0.338. The van der Waals surface area contributed by atoms with Gasteiger partial charge in [0.15, 0.2) is 5.65 Å². The summed E-state index contributed by atoms with van der Waals surface area (Å²) in [7, 11) is 0.174. The van der Waals surface area contributed by atoms with Gasteiger partial charge in [-0.05, 0) is 54.0 Å². The largest absolute Gasteiger partial charge is 0.447 e. The van der Waals surface area contributed by atoms with Crippen LogP contribution in [0.2, 0.25) is 16.6 Å². The van der Waals surface area contributed by atoms with Crippen LogP contribution in [0.1, 0.15) is 47.1 Å². The van der Waals surface area contributed by atoms with Gasteiger partial charge in [0.25, 0.3) is 0 Å². The molecule has 2 fully saturated rings. The summed E-state index contributed by atoms with van der Waals surface area (Å²) in [5.74, 6) is 4.49. The SMILES string of the molecule is CC(C)[Si](C#Cc1cc(N2CCOC2=O)nc2nc(Nc3ccc(N4CCN(C)CC4)cc3)ncc12)(C(C)C)C(C)C. The number of rotatable bonds is 7. The minimum Gasteiger partial charge on any atom is -0.447 e. The van der Waals surface area contributed by atoms with E-state index in [0.717, 1.165) is 42.8 Å². The lowest BCUT2D eigenvalue weighted by Crippen LogP contribution is -2.44. The third-order valence-electron chi connectivity index (χ3n) is 8.86. The van der Waals surface area contributed by atoms with Crippen LogP contribution >= 0.6 is 0 Å². The summed E-state index contributed by atoms with van der Waals surface area (Å²) in [6.07, 6.45) is 1.39. The number of aromatic nitrogens is 3. The Bertz CT molecular complexity index is 1470. The van der Waals surface area contributed by atoms with Gasteiger partial charge in [-0.2, -0.15) is 4.98 Å². The molecule has 0 radical (unpaired) electrons. The third-order valence-corrected chi connectivity index (χ3v) is 15.2. The van der Waals surface area contributed by atoms with Crippen LogP contribution in [0.15, 0.2) is 36.5 Å². The number of carbonyl (C=O) groups is 1. The standard InChI is InChI=1S/C32H43N7O2Si/c1-22(2)42(23(3)4,24(5)6)19-12-25-20-29(39-17-18-41-32(39)40)35-30-28(25)21-33-31(36-30)34-26-8-10-27(11-9-26)38-15-13-37(7)14-16-38/h8-11,20-24H,13-18H2,1-7H3,(H,33,34,35,36). The van der Waals surface area contributed by atoms with Gasteiger partial charge in [0, 0.05) is 49.3 Å². The Morgan fingerprint density at radius 2 is 1.60 bits per heavy atom. The van der Waals surface area contributed by atoms with Crippen molar-refractivity contribution in [1.29, 1.82) is 0 Å². The fourth-order valence-electron chi connectivity index (χ4n) is 6.46. The van der Waals surface area contributed by atoms with Crippen LogP contribution in [0.4, 0.5) is 27.9 Å². The molecule has 2 aliphatic rings. The van der Waals surface area contributed by atoms with Crippen LogP contribution in [0.3, 0.4) is 0 Å². The number of carbonyl (C=O) groups excluding carboxylic acids is 1. The number of hydrogen-bond donors (Lipinski definition) is 1. The number of pyridine rings is 1. The maximum Gasteiger partial charge on any atom is 0.415 e. The highest BCUT2D eigenvalue weighted by atomic mass is 28.3. The Hall–Kier alpha value is -3.68. The van der Waals surface area contributed by atoms with Gasteiger partial charge in [-0.15, -0.1) is 5.54 Å². The molecule has 42 heavy (non-hydrogen) atoms. The monoisotopic (exact) mass is 585 g/mol. The summed E-state index contributed by atoms with van der Waals surface area (Å²) in [6, 6.07) is 10.3. The van der Waals surface area contributed by atoms with Gasteiger partial charge in [-0.1, -0.05) is 47.5 Å². The Morgan fingerprint density at radius 3 is 2.19 bits per heavy atom. The molecule has 1 aromatic carbocycles. The lowest BCUT2D eigenvalue weighted by molar-refractivity contribution is 0.181. The van der Waals surface area contributed by atoms with Crippen molar-refractivity contribution in [2.75, 3.05) is 61.5 Å². The Kier molecular flexibility index (Phi) is 8.71. The number of likely N-dealkylation sites (N-methyl/N-ethyl adjacent to an activating group) is 1. The zero-order chi connectivity index (χ0) is 30.0. The predicted molar refractivity (Wildman–Crippen MR) is 173 cm³/mol. The molecule has 0 atom stereocenters. The van der Waals surface area contributed by atoms with Gasteiger partial charge in [0.1, 0.15) is 20.5 Å². The fraction of sp³-hybridized carbons (Fsp3) is 0.500. The first kappa shape index (κ1) is 29.8. The van der Waals surface area contributed by atoms with E-state index in [1.807, 2.05) is 6.07 Å². The summed E-state index contributed by atoms with van der Waals surface area (Å²) in [6.45, 7) is 18.8. The molecule has 0 spiro atoms. The zero-order valence-electron chi connectivity index (χ0n) is 25.9. The van der Waals surface area contributed by atoms with Crippen molar-refractivity contribution in [3.8, 4) is 11.5 Å². The quantitative estimate of drug-likeness (QED) is 0.265. The smallest absolute Gasteiger partial charge is 0.415 e. The van der Waals surface area contributed by atoms with Crippen LogP contribution in [0.5, 0.6) is 0 Å². The van der Waals surface area contributed by atoms with E-state index in [-0.39, 0.29) is 0 Å². The van der Waals surface area contributed by atoms with E-state index in [1.54, 1.807) is 11.1 Å². The second-order valence-electron chi connectivity index (χ2n) is 12.3. The molecule has 0 unspecified atom stereocenters. The Labute approximate surface area is 250 Å². The number of hydrogen-bond acceptors (Lipinski definition) is 8. The molecule has 2 saturated heterocycles. The lowest BCUT2D eigenvalue weighted by Gasteiger charge is -2.38. The molecular weight excluding hydrogens is 542 g/mol. The number of piperazine rings is 1. The van der Waals surface area contributed by atoms with Crippen molar-refractivity contribution in [2.24, 2.45) is 0 Å². The number of amides is 1. The number of fused-ring (bicyclic) bond motifs is 1. The van der Waals surface area contributed by atoms with Crippen LogP contribution in [0, 0.1) is 11.5 Å². The number of cyclic esters (lactones) is 1. The highest BCUT2D eigenvalue weighted by molar-refractivity contribution is 6.90. The van der Waals surface area contributed by atoms with Crippen molar-refractivity contribution in [3.05, 3.63) is 42.1 Å². The maximum atomic E-state index is 12.5. The molecule has 0 bridgehead atoms. The highest BCUT2D eigenvalue weighted by Gasteiger charge is 2.41. The second-order valence-corrected chi connectivity index (χ2v) is 17.9. The van der Waals surface area contributed by atoms with E-state index >= 15 is 0 Å². The van der Waals surface area contributed by atoms with E-state index < -0.39 is 14.2 Å². The van der Waals surface area contributed by atoms with Gasteiger partial charge in [0.2, 0.25) is 5.95 Å². The molecule has 0 aliphatic carbocycles. The first-order chi connectivity index (χ1) is 20.1. The van der Waals surface area contributed by atoms with E-state index in [2.05, 4.69) is 104 Å². The molecule has 0 saturated carbocycles. The van der Waals surface area contributed by atoms with Crippen molar-refractivity contribution in [1.82, 2.24) is 19.9 Å². The Morgan fingerprint density at radius 1 is 0.929 bits per heavy atom. The molecule has 2 aromatic heterocycles. The number of anilines is 4. The number of benzene rings is 1. The minimum atomic E-state index is -1.99. The maximum absolute atomic E-state index is 12.5. The van der Waals surface area contributed by atoms with Crippen LogP contribution in [0.25, 0.3) is 11.0 Å². The summed E-state index contributed by atoms with van der Waals surface area (Å²) in [5.41, 5.74) is 8.70. The second kappa shape index (κ2) is 12.3. The van der Waals surface area contributed by atoms with Gasteiger partial charge >= 0.3 is 6.09 Å². The molecule has 5 rings (SSSR count). The van der Waals surface area contributed by atoms with E-state index in [4.69, 9.17) is 14.7 Å². The van der Waals surface area contributed by atoms with Crippen molar-refractivity contribution in [2.45, 2.75) is 58.2 Å². The van der Waals surface area contributed by atoms with Gasteiger partial charge in [-0.3, -0.25) is 4.90 Å². The molecule has 1 amide bonds. The predicted octanol–water partition coefficient (Wildman–Crippen LogP) is 6.05. The molecule has 3 aromatic rings. The van der Waals surface area contributed by atoms with E-state index in [0.29, 0.717) is 47.2 Å². The van der Waals surface area contributed by atoms with Crippen LogP contribution < -0.4 is 15.1 Å². The van der Waals surface area contributed by atoms with Gasteiger partial charge in [-0.25, -0.2) is 14.8 Å². The molecule has 4 heterocycles. The average Bonchev–Trinajstić information content (AvgIpc) is 3.39. The van der Waals surface area contributed by atoms with Crippen LogP contribution in [-0.4, -0.2) is 80.4 Å². The van der Waals surface area contributed by atoms with Gasteiger partial charge < -0.3 is 19.9 Å². The van der Waals surface area contributed by atoms with E-state index in [1.165, 1.54) is 5.69 Å². The first-order valence-corrected chi connectivity index (χ1v) is 17.3. The van der Waals surface area contributed by atoms with E-state index in [9.17, 15) is 4.79 Å². The molecule has 2 aliphatic heterocycles. The Balaban J connectivity index is 1.49. The topological polar surface area (TPSA) is 86.7 Å². The highest BCUT2D eigenvalue weighted by Crippen LogP contribution is 2.41. The first-order valence-electron chi connectivity index (χ1n) is 15.0. The van der Waals surface area contributed by atoms with Crippen molar-refractivity contribution < 1.29 is 9.53 Å².